The smallest absolute Gasteiger partial charge is 0.257 e. The lowest BCUT2D eigenvalue weighted by Crippen LogP contribution is -2.28. The van der Waals surface area contributed by atoms with Crippen LogP contribution in [0.3, 0.4) is 0 Å². The number of rotatable bonds is 3. The molecule has 0 saturated heterocycles. The van der Waals surface area contributed by atoms with Gasteiger partial charge >= 0.3 is 0 Å². The Morgan fingerprint density at radius 3 is 2.89 bits per heavy atom. The number of hydrogen-bond acceptors (Lipinski definition) is 4. The predicted molar refractivity (Wildman–Crippen MR) is 69.8 cm³/mol. The molecule has 0 aromatic carbocycles. The topological polar surface area (TPSA) is 74.8 Å². The highest BCUT2D eigenvalue weighted by Crippen LogP contribution is 2.08. The van der Waals surface area contributed by atoms with Crippen molar-refractivity contribution >= 4 is 17.2 Å². The summed E-state index contributed by atoms with van der Waals surface area (Å²) in [4.78, 5) is 30.5. The minimum absolute atomic E-state index is 0.119. The molecule has 0 saturated carbocycles. The van der Waals surface area contributed by atoms with Crippen LogP contribution in [0.4, 0.5) is 0 Å². The van der Waals surface area contributed by atoms with E-state index in [9.17, 15) is 9.59 Å². The molecule has 2 N–H and O–H groups in total. The molecule has 0 aliphatic heterocycles. The lowest BCUT2D eigenvalue weighted by atomic mass is 10.2. The van der Waals surface area contributed by atoms with Crippen LogP contribution in [0.1, 0.15) is 26.8 Å². The molecule has 2 aromatic heterocycles. The van der Waals surface area contributed by atoms with Crippen molar-refractivity contribution in [1.29, 1.82) is 0 Å². The van der Waals surface area contributed by atoms with Crippen molar-refractivity contribution in [2.24, 2.45) is 0 Å². The third-order valence-electron chi connectivity index (χ3n) is 2.37. The van der Waals surface area contributed by atoms with Crippen molar-refractivity contribution in [3.63, 3.8) is 0 Å². The number of pyridine rings is 1. The molecule has 2 heterocycles. The van der Waals surface area contributed by atoms with Gasteiger partial charge in [0.15, 0.2) is 5.43 Å². The number of amides is 1. The summed E-state index contributed by atoms with van der Waals surface area (Å²) in [5.41, 5.74) is 1.50. The van der Waals surface area contributed by atoms with Gasteiger partial charge < -0.3 is 10.3 Å². The molecule has 0 aliphatic carbocycles. The number of hydrogen-bond donors (Lipinski definition) is 2. The molecule has 18 heavy (non-hydrogen) atoms. The van der Waals surface area contributed by atoms with Gasteiger partial charge in [0.2, 0.25) is 0 Å². The molecular weight excluding hydrogens is 250 g/mol. The SMILES string of the molecule is Cc1csc(CNC(=O)c2c[nH]c(C)cc2=O)n1. The fourth-order valence-corrected chi connectivity index (χ4v) is 2.20. The maximum absolute atomic E-state index is 11.8. The summed E-state index contributed by atoms with van der Waals surface area (Å²) in [6.45, 7) is 4.00. The van der Waals surface area contributed by atoms with Crippen LogP contribution in [-0.4, -0.2) is 15.9 Å². The Hall–Kier alpha value is -1.95. The molecule has 0 aliphatic rings. The van der Waals surface area contributed by atoms with E-state index in [2.05, 4.69) is 15.3 Å². The summed E-state index contributed by atoms with van der Waals surface area (Å²) in [6.07, 6.45) is 1.43. The first-order valence-corrected chi connectivity index (χ1v) is 6.33. The minimum atomic E-state index is -0.385. The zero-order chi connectivity index (χ0) is 13.1. The Morgan fingerprint density at radius 1 is 1.50 bits per heavy atom. The summed E-state index contributed by atoms with van der Waals surface area (Å²) < 4.78 is 0. The molecule has 6 heteroatoms. The Morgan fingerprint density at radius 2 is 2.28 bits per heavy atom. The van der Waals surface area contributed by atoms with E-state index >= 15 is 0 Å². The number of thiazole rings is 1. The summed E-state index contributed by atoms with van der Waals surface area (Å²) in [5, 5.41) is 5.42. The monoisotopic (exact) mass is 263 g/mol. The number of aryl methyl sites for hydroxylation is 2. The Bertz CT molecular complexity index is 630. The van der Waals surface area contributed by atoms with E-state index < -0.39 is 0 Å². The van der Waals surface area contributed by atoms with E-state index in [0.29, 0.717) is 6.54 Å². The van der Waals surface area contributed by atoms with Gasteiger partial charge in [-0.15, -0.1) is 11.3 Å². The van der Waals surface area contributed by atoms with Gasteiger partial charge in [0.1, 0.15) is 10.6 Å². The van der Waals surface area contributed by atoms with E-state index in [0.717, 1.165) is 16.4 Å². The van der Waals surface area contributed by atoms with Gasteiger partial charge in [-0.25, -0.2) is 4.98 Å². The number of nitrogens with zero attached hydrogens (tertiary/aromatic N) is 1. The van der Waals surface area contributed by atoms with E-state index in [1.54, 1.807) is 6.92 Å². The second-order valence-electron chi connectivity index (χ2n) is 3.96. The van der Waals surface area contributed by atoms with Gasteiger partial charge in [-0.3, -0.25) is 9.59 Å². The van der Waals surface area contributed by atoms with Crippen molar-refractivity contribution < 1.29 is 4.79 Å². The fourth-order valence-electron chi connectivity index (χ4n) is 1.49. The maximum Gasteiger partial charge on any atom is 0.257 e. The van der Waals surface area contributed by atoms with Crippen molar-refractivity contribution in [2.75, 3.05) is 0 Å². The van der Waals surface area contributed by atoms with Crippen LogP contribution in [0.25, 0.3) is 0 Å². The number of nitrogens with one attached hydrogen (secondary N) is 2. The van der Waals surface area contributed by atoms with Crippen LogP contribution in [0.2, 0.25) is 0 Å². The highest BCUT2D eigenvalue weighted by molar-refractivity contribution is 7.09. The zero-order valence-corrected chi connectivity index (χ0v) is 10.9. The highest BCUT2D eigenvalue weighted by Gasteiger charge is 2.10. The van der Waals surface area contributed by atoms with Crippen molar-refractivity contribution in [1.82, 2.24) is 15.3 Å². The van der Waals surface area contributed by atoms with Gasteiger partial charge in [-0.1, -0.05) is 0 Å². The standard InChI is InChI=1S/C12H13N3O2S/c1-7-3-10(16)9(4-13-7)12(17)14-5-11-15-8(2)6-18-11/h3-4,6H,5H2,1-2H3,(H,13,16)(H,14,17). The van der Waals surface area contributed by atoms with E-state index in [-0.39, 0.29) is 16.9 Å². The van der Waals surface area contributed by atoms with Crippen LogP contribution < -0.4 is 10.7 Å². The lowest BCUT2D eigenvalue weighted by Gasteiger charge is -2.02. The summed E-state index contributed by atoms with van der Waals surface area (Å²) in [5.74, 6) is -0.385. The second-order valence-corrected chi connectivity index (χ2v) is 4.90. The Kier molecular flexibility index (Phi) is 3.57. The molecule has 0 fully saturated rings. The van der Waals surface area contributed by atoms with Crippen LogP contribution in [-0.2, 0) is 6.54 Å². The van der Waals surface area contributed by atoms with E-state index in [4.69, 9.17) is 0 Å². The van der Waals surface area contributed by atoms with Gasteiger partial charge in [0, 0.05) is 29.0 Å². The molecule has 0 spiro atoms. The highest BCUT2D eigenvalue weighted by atomic mass is 32.1. The molecular formula is C12H13N3O2S. The third kappa shape index (κ3) is 2.84. The molecule has 0 unspecified atom stereocenters. The average Bonchev–Trinajstić information content (AvgIpc) is 2.72. The maximum atomic E-state index is 11.8. The van der Waals surface area contributed by atoms with Gasteiger partial charge in [-0.2, -0.15) is 0 Å². The van der Waals surface area contributed by atoms with Crippen LogP contribution in [0.15, 0.2) is 22.4 Å². The Labute approximate surface area is 108 Å². The molecule has 2 rings (SSSR count). The van der Waals surface area contributed by atoms with Crippen LogP contribution >= 0.6 is 11.3 Å². The molecule has 0 bridgehead atoms. The quantitative estimate of drug-likeness (QED) is 0.878. The number of aromatic amines is 1. The lowest BCUT2D eigenvalue weighted by molar-refractivity contribution is 0.0949. The average molecular weight is 263 g/mol. The summed E-state index contributed by atoms with van der Waals surface area (Å²) in [7, 11) is 0. The normalized spacial score (nSPS) is 10.3. The van der Waals surface area contributed by atoms with Gasteiger partial charge in [0.05, 0.1) is 6.54 Å². The van der Waals surface area contributed by atoms with Gasteiger partial charge in [0.25, 0.3) is 5.91 Å². The summed E-state index contributed by atoms with van der Waals surface area (Å²) in [6, 6.07) is 1.41. The fraction of sp³-hybridized carbons (Fsp3) is 0.250. The zero-order valence-electron chi connectivity index (χ0n) is 10.1. The number of carbonyl (C=O) groups is 1. The first-order valence-electron chi connectivity index (χ1n) is 5.45. The second kappa shape index (κ2) is 5.14. The number of aromatic nitrogens is 2. The van der Waals surface area contributed by atoms with E-state index in [1.165, 1.54) is 23.6 Å². The molecule has 2 aromatic rings. The van der Waals surface area contributed by atoms with E-state index in [1.807, 2.05) is 12.3 Å². The third-order valence-corrected chi connectivity index (χ3v) is 3.34. The molecule has 94 valence electrons. The minimum Gasteiger partial charge on any atom is -0.364 e. The first kappa shape index (κ1) is 12.5. The van der Waals surface area contributed by atoms with Crippen molar-refractivity contribution in [3.8, 4) is 0 Å². The molecule has 5 nitrogen and oxygen atoms in total. The number of H-pyrrole nitrogens is 1. The predicted octanol–water partition coefficient (Wildman–Crippen LogP) is 1.38. The Balaban J connectivity index is 2.06. The van der Waals surface area contributed by atoms with Crippen LogP contribution in [0.5, 0.6) is 0 Å². The largest absolute Gasteiger partial charge is 0.364 e. The molecule has 0 radical (unpaired) electrons. The van der Waals surface area contributed by atoms with Crippen LogP contribution in [0, 0.1) is 13.8 Å². The summed E-state index contributed by atoms with van der Waals surface area (Å²) >= 11 is 1.48. The molecule has 1 amide bonds. The van der Waals surface area contributed by atoms with Crippen molar-refractivity contribution in [3.05, 3.63) is 49.8 Å². The number of carbonyl (C=O) groups excluding carboxylic acids is 1. The van der Waals surface area contributed by atoms with Crippen molar-refractivity contribution in [2.45, 2.75) is 20.4 Å². The molecule has 0 atom stereocenters. The first-order chi connectivity index (χ1) is 8.56. The van der Waals surface area contributed by atoms with Gasteiger partial charge in [-0.05, 0) is 13.8 Å².